The van der Waals surface area contributed by atoms with Crippen molar-refractivity contribution >= 4 is 35.0 Å². The van der Waals surface area contributed by atoms with Gasteiger partial charge in [0.15, 0.2) is 5.15 Å². The molecule has 1 fully saturated rings. The van der Waals surface area contributed by atoms with E-state index in [-0.39, 0.29) is 16.0 Å². The average Bonchev–Trinajstić information content (AvgIpc) is 2.26. The Hall–Kier alpha value is -0.780. The summed E-state index contributed by atoms with van der Waals surface area (Å²) < 4.78 is 0. The second kappa shape index (κ2) is 4.61. The number of nitrogen functional groups attached to an aromatic ring is 1. The zero-order valence-corrected chi connectivity index (χ0v) is 10.4. The summed E-state index contributed by atoms with van der Waals surface area (Å²) in [7, 11) is 0. The van der Waals surface area contributed by atoms with Gasteiger partial charge in [0.1, 0.15) is 10.8 Å². The molecule has 3 N–H and O–H groups in total. The van der Waals surface area contributed by atoms with E-state index < -0.39 is 0 Å². The van der Waals surface area contributed by atoms with Crippen LogP contribution in [-0.4, -0.2) is 35.6 Å². The van der Waals surface area contributed by atoms with Gasteiger partial charge in [0.05, 0.1) is 0 Å². The minimum Gasteiger partial charge on any atom is -0.382 e. The zero-order chi connectivity index (χ0) is 11.7. The van der Waals surface area contributed by atoms with Gasteiger partial charge in [-0.3, -0.25) is 0 Å². The first-order valence-corrected chi connectivity index (χ1v) is 5.81. The molecule has 2 heterocycles. The molecule has 1 unspecified atom stereocenters. The van der Waals surface area contributed by atoms with Crippen LogP contribution in [0.2, 0.25) is 10.2 Å². The number of rotatable bonds is 1. The standard InChI is InChI=1S/C9H13Cl2N5/c1-5-4-13-2-3-16(5)9-14-7(11)6(10)8(12)15-9/h5,13H,2-4H2,1H3,(H2,12,14,15). The smallest absolute Gasteiger partial charge is 0.229 e. The Balaban J connectivity index is 2.32. The fourth-order valence-corrected chi connectivity index (χ4v) is 1.95. The lowest BCUT2D eigenvalue weighted by Gasteiger charge is -2.34. The van der Waals surface area contributed by atoms with Crippen LogP contribution in [0.4, 0.5) is 11.8 Å². The third kappa shape index (κ3) is 2.16. The van der Waals surface area contributed by atoms with Crippen LogP contribution in [0.15, 0.2) is 0 Å². The zero-order valence-electron chi connectivity index (χ0n) is 8.87. The number of nitrogens with one attached hydrogen (secondary N) is 1. The van der Waals surface area contributed by atoms with E-state index >= 15 is 0 Å². The Morgan fingerprint density at radius 2 is 2.19 bits per heavy atom. The van der Waals surface area contributed by atoms with Crippen molar-refractivity contribution in [2.75, 3.05) is 30.3 Å². The van der Waals surface area contributed by atoms with Gasteiger partial charge in [-0.2, -0.15) is 9.97 Å². The SMILES string of the molecule is CC1CNCCN1c1nc(N)c(Cl)c(Cl)n1. The monoisotopic (exact) mass is 261 g/mol. The number of anilines is 2. The number of hydrogen-bond donors (Lipinski definition) is 2. The molecule has 16 heavy (non-hydrogen) atoms. The molecule has 1 aromatic rings. The molecule has 0 bridgehead atoms. The molecule has 0 aromatic carbocycles. The predicted octanol–water partition coefficient (Wildman–Crippen LogP) is 1.16. The first-order valence-electron chi connectivity index (χ1n) is 5.05. The van der Waals surface area contributed by atoms with Crippen molar-refractivity contribution in [3.05, 3.63) is 10.2 Å². The van der Waals surface area contributed by atoms with Gasteiger partial charge in [-0.05, 0) is 6.92 Å². The summed E-state index contributed by atoms with van der Waals surface area (Å²) in [6, 6.07) is 0.311. The molecule has 88 valence electrons. The predicted molar refractivity (Wildman–Crippen MR) is 66.1 cm³/mol. The quantitative estimate of drug-likeness (QED) is 0.743. The highest BCUT2D eigenvalue weighted by Crippen LogP contribution is 2.27. The molecular weight excluding hydrogens is 249 g/mol. The Morgan fingerprint density at radius 1 is 1.44 bits per heavy atom. The number of piperazine rings is 1. The van der Waals surface area contributed by atoms with E-state index in [1.807, 2.05) is 0 Å². The Morgan fingerprint density at radius 3 is 2.81 bits per heavy atom. The largest absolute Gasteiger partial charge is 0.382 e. The molecule has 5 nitrogen and oxygen atoms in total. The molecule has 0 spiro atoms. The van der Waals surface area contributed by atoms with Crippen LogP contribution >= 0.6 is 23.2 Å². The van der Waals surface area contributed by atoms with Crippen LogP contribution in [0.1, 0.15) is 6.92 Å². The first kappa shape index (κ1) is 11.7. The average molecular weight is 262 g/mol. The lowest BCUT2D eigenvalue weighted by molar-refractivity contribution is 0.493. The fraction of sp³-hybridized carbons (Fsp3) is 0.556. The van der Waals surface area contributed by atoms with Crippen molar-refractivity contribution in [1.82, 2.24) is 15.3 Å². The van der Waals surface area contributed by atoms with Crippen LogP contribution in [0, 0.1) is 0 Å². The molecule has 1 atom stereocenters. The number of nitrogens with two attached hydrogens (primary N) is 1. The minimum absolute atomic E-state index is 0.204. The normalized spacial score (nSPS) is 21.2. The Labute approximate surface area is 104 Å². The molecule has 1 aliphatic rings. The summed E-state index contributed by atoms with van der Waals surface area (Å²) in [6.07, 6.45) is 0. The third-order valence-electron chi connectivity index (χ3n) is 2.58. The number of hydrogen-bond acceptors (Lipinski definition) is 5. The van der Waals surface area contributed by atoms with Crippen molar-refractivity contribution in [3.8, 4) is 0 Å². The van der Waals surface area contributed by atoms with E-state index in [0.29, 0.717) is 12.0 Å². The molecule has 0 aliphatic carbocycles. The summed E-state index contributed by atoms with van der Waals surface area (Å²) in [5.74, 6) is 0.767. The van der Waals surface area contributed by atoms with Crippen LogP contribution in [0.3, 0.4) is 0 Å². The summed E-state index contributed by atoms with van der Waals surface area (Å²) in [5, 5.41) is 3.71. The number of nitrogens with zero attached hydrogens (tertiary/aromatic N) is 3. The summed E-state index contributed by atoms with van der Waals surface area (Å²) in [5.41, 5.74) is 5.66. The van der Waals surface area contributed by atoms with Crippen molar-refractivity contribution in [2.24, 2.45) is 0 Å². The van der Waals surface area contributed by atoms with E-state index in [4.69, 9.17) is 28.9 Å². The third-order valence-corrected chi connectivity index (χ3v) is 3.33. The lowest BCUT2D eigenvalue weighted by atomic mass is 10.2. The fourth-order valence-electron chi connectivity index (χ4n) is 1.69. The van der Waals surface area contributed by atoms with Crippen molar-refractivity contribution in [3.63, 3.8) is 0 Å². The lowest BCUT2D eigenvalue weighted by Crippen LogP contribution is -2.50. The second-order valence-electron chi connectivity index (χ2n) is 3.76. The van der Waals surface area contributed by atoms with E-state index in [1.165, 1.54) is 0 Å². The summed E-state index contributed by atoms with van der Waals surface area (Å²) >= 11 is 11.7. The van der Waals surface area contributed by atoms with Gasteiger partial charge in [-0.15, -0.1) is 0 Å². The molecular formula is C9H13Cl2N5. The van der Waals surface area contributed by atoms with E-state index in [9.17, 15) is 0 Å². The van der Waals surface area contributed by atoms with Crippen LogP contribution in [0.5, 0.6) is 0 Å². The second-order valence-corrected chi connectivity index (χ2v) is 4.50. The number of aromatic nitrogens is 2. The van der Waals surface area contributed by atoms with Crippen molar-refractivity contribution < 1.29 is 0 Å². The Kier molecular flexibility index (Phi) is 3.37. The van der Waals surface area contributed by atoms with E-state index in [2.05, 4.69) is 27.1 Å². The van der Waals surface area contributed by atoms with E-state index in [1.54, 1.807) is 0 Å². The van der Waals surface area contributed by atoms with Crippen molar-refractivity contribution in [2.45, 2.75) is 13.0 Å². The molecule has 7 heteroatoms. The van der Waals surface area contributed by atoms with Gasteiger partial charge >= 0.3 is 0 Å². The maximum Gasteiger partial charge on any atom is 0.229 e. The van der Waals surface area contributed by atoms with Gasteiger partial charge in [0.25, 0.3) is 0 Å². The minimum atomic E-state index is 0.204. The molecule has 0 amide bonds. The maximum absolute atomic E-state index is 5.88. The van der Waals surface area contributed by atoms with Crippen molar-refractivity contribution in [1.29, 1.82) is 0 Å². The van der Waals surface area contributed by atoms with Crippen LogP contribution in [0.25, 0.3) is 0 Å². The topological polar surface area (TPSA) is 67.1 Å². The molecule has 0 saturated carbocycles. The van der Waals surface area contributed by atoms with Gasteiger partial charge in [-0.25, -0.2) is 0 Å². The molecule has 1 aliphatic heterocycles. The molecule has 1 aromatic heterocycles. The molecule has 2 rings (SSSR count). The first-order chi connectivity index (χ1) is 7.59. The maximum atomic E-state index is 5.88. The highest BCUT2D eigenvalue weighted by molar-refractivity contribution is 6.42. The summed E-state index contributed by atoms with van der Waals surface area (Å²) in [6.45, 7) is 4.71. The van der Waals surface area contributed by atoms with Gasteiger partial charge < -0.3 is 16.0 Å². The van der Waals surface area contributed by atoms with Gasteiger partial charge in [0.2, 0.25) is 5.95 Å². The Bertz CT molecular complexity index is 374. The highest BCUT2D eigenvalue weighted by Gasteiger charge is 2.22. The number of halogens is 2. The van der Waals surface area contributed by atoms with Gasteiger partial charge in [-0.1, -0.05) is 23.2 Å². The molecule has 0 radical (unpaired) electrons. The van der Waals surface area contributed by atoms with E-state index in [0.717, 1.165) is 19.6 Å². The summed E-state index contributed by atoms with van der Waals surface area (Å²) in [4.78, 5) is 10.4. The van der Waals surface area contributed by atoms with Crippen LogP contribution in [-0.2, 0) is 0 Å². The van der Waals surface area contributed by atoms with Gasteiger partial charge in [0, 0.05) is 25.7 Å². The highest BCUT2D eigenvalue weighted by atomic mass is 35.5. The molecule has 1 saturated heterocycles. The van der Waals surface area contributed by atoms with Crippen LogP contribution < -0.4 is 16.0 Å².